The molecule has 20 heavy (non-hydrogen) atoms. The van der Waals surface area contributed by atoms with Crippen molar-refractivity contribution in [2.75, 3.05) is 13.6 Å². The van der Waals surface area contributed by atoms with Crippen LogP contribution in [0.15, 0.2) is 0 Å². The van der Waals surface area contributed by atoms with Crippen LogP contribution in [0, 0.1) is 11.8 Å². The van der Waals surface area contributed by atoms with Gasteiger partial charge in [-0.15, -0.1) is 12.4 Å². The fourth-order valence-corrected chi connectivity index (χ4v) is 4.45. The molecule has 1 saturated heterocycles. The minimum atomic E-state index is 0. The smallest absolute Gasteiger partial charge is 0.239 e. The van der Waals surface area contributed by atoms with Gasteiger partial charge in [-0.05, 0) is 43.9 Å². The normalized spacial score (nSPS) is 33.5. The lowest BCUT2D eigenvalue weighted by Gasteiger charge is -2.25. The summed E-state index contributed by atoms with van der Waals surface area (Å²) in [5.74, 6) is 1.88. The largest absolute Gasteiger partial charge is 0.344 e. The Morgan fingerprint density at radius 2 is 1.75 bits per heavy atom. The van der Waals surface area contributed by atoms with E-state index in [9.17, 15) is 4.79 Å². The molecule has 3 atom stereocenters. The predicted molar refractivity (Wildman–Crippen MR) is 84.1 cm³/mol. The minimum Gasteiger partial charge on any atom is -0.344 e. The molecule has 1 N–H and O–H groups in total. The zero-order valence-corrected chi connectivity index (χ0v) is 13.5. The maximum Gasteiger partial charge on any atom is 0.239 e. The van der Waals surface area contributed by atoms with Gasteiger partial charge in [-0.2, -0.15) is 0 Å². The Morgan fingerprint density at radius 3 is 2.45 bits per heavy atom. The van der Waals surface area contributed by atoms with Gasteiger partial charge in [-0.3, -0.25) is 4.79 Å². The highest BCUT2D eigenvalue weighted by Crippen LogP contribution is 2.34. The van der Waals surface area contributed by atoms with Gasteiger partial charge in [-0.25, -0.2) is 0 Å². The Kier molecular flexibility index (Phi) is 5.74. The zero-order valence-electron chi connectivity index (χ0n) is 12.6. The summed E-state index contributed by atoms with van der Waals surface area (Å²) in [4.78, 5) is 14.5. The number of carbonyl (C=O) groups is 1. The summed E-state index contributed by atoms with van der Waals surface area (Å²) < 4.78 is 0. The van der Waals surface area contributed by atoms with Crippen molar-refractivity contribution < 1.29 is 4.79 Å². The molecular weight excluding hydrogens is 272 g/mol. The Labute approximate surface area is 129 Å². The lowest BCUT2D eigenvalue weighted by molar-refractivity contribution is -0.132. The number of fused-ring (bicyclic) bond motifs is 1. The Bertz CT molecular complexity index is 316. The first-order chi connectivity index (χ1) is 9.24. The first-order valence-corrected chi connectivity index (χ1v) is 8.25. The van der Waals surface area contributed by atoms with Crippen molar-refractivity contribution >= 4 is 18.3 Å². The van der Waals surface area contributed by atoms with E-state index >= 15 is 0 Å². The number of rotatable bonds is 3. The summed E-state index contributed by atoms with van der Waals surface area (Å²) in [6, 6.07) is 0.738. The molecule has 0 radical (unpaired) electrons. The number of likely N-dealkylation sites (N-methyl/N-ethyl adjacent to an activating group) is 1. The van der Waals surface area contributed by atoms with E-state index in [1.807, 2.05) is 11.9 Å². The van der Waals surface area contributed by atoms with Crippen molar-refractivity contribution in [3.63, 3.8) is 0 Å². The number of nitrogens with one attached hydrogen (secondary N) is 1. The van der Waals surface area contributed by atoms with Gasteiger partial charge in [-0.1, -0.05) is 25.7 Å². The fraction of sp³-hybridized carbons (Fsp3) is 0.938. The van der Waals surface area contributed by atoms with Gasteiger partial charge in [0.1, 0.15) is 0 Å². The first-order valence-electron chi connectivity index (χ1n) is 8.25. The maximum atomic E-state index is 12.5. The van der Waals surface area contributed by atoms with Crippen molar-refractivity contribution in [3.8, 4) is 0 Å². The highest BCUT2D eigenvalue weighted by molar-refractivity contribution is 5.85. The molecule has 3 fully saturated rings. The SMILES string of the molecule is CN(CC1CCCC1)C(=O)C1CC2CCCCC2N1.Cl. The van der Waals surface area contributed by atoms with E-state index in [-0.39, 0.29) is 18.4 Å². The number of nitrogens with zero attached hydrogens (tertiary/aromatic N) is 1. The van der Waals surface area contributed by atoms with Crippen LogP contribution in [0.25, 0.3) is 0 Å². The van der Waals surface area contributed by atoms with Crippen LogP contribution in [0.3, 0.4) is 0 Å². The third-order valence-electron chi connectivity index (χ3n) is 5.54. The second kappa shape index (κ2) is 7.13. The van der Waals surface area contributed by atoms with Gasteiger partial charge in [0.2, 0.25) is 5.91 Å². The molecule has 1 amide bonds. The molecule has 0 bridgehead atoms. The number of amides is 1. The Morgan fingerprint density at radius 1 is 1.10 bits per heavy atom. The molecule has 3 aliphatic rings. The quantitative estimate of drug-likeness (QED) is 0.869. The lowest BCUT2D eigenvalue weighted by Crippen LogP contribution is -2.45. The summed E-state index contributed by atoms with van der Waals surface area (Å²) >= 11 is 0. The van der Waals surface area contributed by atoms with Gasteiger partial charge in [0.25, 0.3) is 0 Å². The molecule has 1 heterocycles. The summed E-state index contributed by atoms with van der Waals surface area (Å²) in [6.45, 7) is 0.979. The summed E-state index contributed by atoms with van der Waals surface area (Å²) in [5.41, 5.74) is 0. The molecule has 116 valence electrons. The van der Waals surface area contributed by atoms with E-state index in [0.29, 0.717) is 11.9 Å². The number of hydrogen-bond donors (Lipinski definition) is 1. The molecule has 4 heteroatoms. The van der Waals surface area contributed by atoms with Crippen LogP contribution in [0.5, 0.6) is 0 Å². The highest BCUT2D eigenvalue weighted by atomic mass is 35.5. The van der Waals surface area contributed by atoms with Gasteiger partial charge in [0.05, 0.1) is 6.04 Å². The fourth-order valence-electron chi connectivity index (χ4n) is 4.45. The predicted octanol–water partition coefficient (Wildman–Crippen LogP) is 2.98. The van der Waals surface area contributed by atoms with Crippen LogP contribution >= 0.6 is 12.4 Å². The van der Waals surface area contributed by atoms with E-state index in [0.717, 1.165) is 24.8 Å². The van der Waals surface area contributed by atoms with Crippen molar-refractivity contribution in [2.24, 2.45) is 11.8 Å². The second-order valence-corrected chi connectivity index (χ2v) is 6.98. The average molecular weight is 301 g/mol. The van der Waals surface area contributed by atoms with E-state index in [4.69, 9.17) is 0 Å². The van der Waals surface area contributed by atoms with Crippen LogP contribution in [0.2, 0.25) is 0 Å². The van der Waals surface area contributed by atoms with Crippen molar-refractivity contribution in [1.82, 2.24) is 10.2 Å². The van der Waals surface area contributed by atoms with Gasteiger partial charge >= 0.3 is 0 Å². The second-order valence-electron chi connectivity index (χ2n) is 6.98. The molecule has 0 aromatic carbocycles. The van der Waals surface area contributed by atoms with Crippen molar-refractivity contribution in [3.05, 3.63) is 0 Å². The van der Waals surface area contributed by atoms with E-state index in [2.05, 4.69) is 5.32 Å². The molecule has 3 unspecified atom stereocenters. The standard InChI is InChI=1S/C16H28N2O.ClH/c1-18(11-12-6-2-3-7-12)16(19)15-10-13-8-4-5-9-14(13)17-15;/h12-15,17H,2-11H2,1H3;1H. The van der Waals surface area contributed by atoms with Crippen molar-refractivity contribution in [2.45, 2.75) is 69.9 Å². The van der Waals surface area contributed by atoms with Crippen LogP contribution in [-0.4, -0.2) is 36.5 Å². The number of hydrogen-bond acceptors (Lipinski definition) is 2. The van der Waals surface area contributed by atoms with Crippen molar-refractivity contribution in [1.29, 1.82) is 0 Å². The monoisotopic (exact) mass is 300 g/mol. The van der Waals surface area contributed by atoms with E-state index in [1.54, 1.807) is 0 Å². The lowest BCUT2D eigenvalue weighted by atomic mass is 9.85. The summed E-state index contributed by atoms with van der Waals surface area (Å²) in [7, 11) is 2.00. The molecule has 0 aromatic rings. The van der Waals surface area contributed by atoms with E-state index in [1.165, 1.54) is 51.4 Å². The maximum absolute atomic E-state index is 12.5. The van der Waals surface area contributed by atoms with Gasteiger partial charge in [0.15, 0.2) is 0 Å². The third-order valence-corrected chi connectivity index (χ3v) is 5.54. The number of carbonyl (C=O) groups excluding carboxylic acids is 1. The van der Waals surface area contributed by atoms with Crippen LogP contribution in [0.1, 0.15) is 57.8 Å². The topological polar surface area (TPSA) is 32.3 Å². The summed E-state index contributed by atoms with van der Waals surface area (Å²) in [5, 5.41) is 3.61. The molecule has 3 rings (SSSR count). The Hall–Kier alpha value is -0.280. The molecular formula is C16H29ClN2O. The molecule has 3 nitrogen and oxygen atoms in total. The molecule has 0 spiro atoms. The van der Waals surface area contributed by atoms with Gasteiger partial charge < -0.3 is 10.2 Å². The molecule has 2 saturated carbocycles. The van der Waals surface area contributed by atoms with Gasteiger partial charge in [0, 0.05) is 19.6 Å². The molecule has 2 aliphatic carbocycles. The Balaban J connectivity index is 0.00000147. The van der Waals surface area contributed by atoms with Crippen LogP contribution < -0.4 is 5.32 Å². The highest BCUT2D eigenvalue weighted by Gasteiger charge is 2.39. The first kappa shape index (κ1) is 16.1. The van der Waals surface area contributed by atoms with Crippen LogP contribution in [-0.2, 0) is 4.79 Å². The average Bonchev–Trinajstić information content (AvgIpc) is 3.05. The third kappa shape index (κ3) is 3.48. The zero-order chi connectivity index (χ0) is 13.2. The minimum absolute atomic E-state index is 0. The molecule has 1 aliphatic heterocycles. The number of halogens is 1. The van der Waals surface area contributed by atoms with E-state index < -0.39 is 0 Å². The summed E-state index contributed by atoms with van der Waals surface area (Å²) in [6.07, 6.45) is 11.8. The van der Waals surface area contributed by atoms with Crippen LogP contribution in [0.4, 0.5) is 0 Å². The molecule has 0 aromatic heterocycles.